The molecular weight excluding hydrogens is 383 g/mol. The SMILES string of the molecule is CN1CN(C2CCCCC2)c2c(cnc3c2ccn3SF)C1=O.COCOC. The van der Waals surface area contributed by atoms with Crippen LogP contribution in [0.2, 0.25) is 0 Å². The van der Waals surface area contributed by atoms with E-state index in [1.54, 1.807) is 31.5 Å². The number of pyridine rings is 1. The van der Waals surface area contributed by atoms with Crippen LogP contribution in [0.3, 0.4) is 0 Å². The Balaban J connectivity index is 0.000000403. The molecule has 0 bridgehead atoms. The molecule has 0 radical (unpaired) electrons. The number of hydrogen-bond acceptors (Lipinski definition) is 6. The first-order valence-corrected chi connectivity index (χ1v) is 10.1. The normalized spacial score (nSPS) is 17.5. The molecule has 4 rings (SSSR count). The van der Waals surface area contributed by atoms with Gasteiger partial charge in [0.15, 0.2) is 18.0 Å². The van der Waals surface area contributed by atoms with Crippen molar-refractivity contribution in [3.63, 3.8) is 0 Å². The van der Waals surface area contributed by atoms with Crippen LogP contribution in [0.4, 0.5) is 9.57 Å². The Labute approximate surface area is 169 Å². The lowest BCUT2D eigenvalue weighted by Crippen LogP contribution is -2.50. The number of amides is 1. The first-order chi connectivity index (χ1) is 13.6. The Hall–Kier alpha value is -1.84. The second kappa shape index (κ2) is 9.58. The first-order valence-electron chi connectivity index (χ1n) is 9.41. The molecule has 9 heteroatoms. The minimum Gasteiger partial charge on any atom is -0.359 e. The monoisotopic (exact) mass is 410 g/mol. The summed E-state index contributed by atoms with van der Waals surface area (Å²) in [5, 5.41) is 0.861. The zero-order chi connectivity index (χ0) is 20.1. The van der Waals surface area contributed by atoms with Gasteiger partial charge in [0, 0.05) is 45.1 Å². The number of aromatic nitrogens is 2. The van der Waals surface area contributed by atoms with Crippen LogP contribution < -0.4 is 4.90 Å². The van der Waals surface area contributed by atoms with E-state index < -0.39 is 0 Å². The van der Waals surface area contributed by atoms with Gasteiger partial charge in [-0.2, -0.15) is 0 Å². The highest BCUT2D eigenvalue weighted by atomic mass is 32.2. The van der Waals surface area contributed by atoms with E-state index >= 15 is 0 Å². The second-order valence-corrected chi connectivity index (χ2v) is 7.60. The molecule has 0 saturated heterocycles. The highest BCUT2D eigenvalue weighted by molar-refractivity contribution is 7.92. The summed E-state index contributed by atoms with van der Waals surface area (Å²) < 4.78 is 23.4. The van der Waals surface area contributed by atoms with E-state index in [9.17, 15) is 8.68 Å². The molecule has 28 heavy (non-hydrogen) atoms. The van der Waals surface area contributed by atoms with Gasteiger partial charge in [0.1, 0.15) is 6.79 Å². The number of rotatable bonds is 4. The number of carbonyl (C=O) groups excluding carboxylic acids is 1. The number of nitrogens with zero attached hydrogens (tertiary/aromatic N) is 4. The fourth-order valence-corrected chi connectivity index (χ4v) is 4.27. The van der Waals surface area contributed by atoms with Crippen LogP contribution in [0.5, 0.6) is 0 Å². The lowest BCUT2D eigenvalue weighted by Gasteiger charge is -2.42. The molecule has 1 saturated carbocycles. The molecular formula is C19H27FN4O3S. The van der Waals surface area contributed by atoms with Gasteiger partial charge >= 0.3 is 0 Å². The van der Waals surface area contributed by atoms with Gasteiger partial charge in [-0.3, -0.25) is 4.79 Å². The van der Waals surface area contributed by atoms with E-state index in [1.165, 1.54) is 23.2 Å². The van der Waals surface area contributed by atoms with Gasteiger partial charge in [0.25, 0.3) is 5.91 Å². The quantitative estimate of drug-likeness (QED) is 0.714. The molecule has 2 aromatic rings. The molecule has 1 aliphatic heterocycles. The Kier molecular flexibility index (Phi) is 7.14. The van der Waals surface area contributed by atoms with Crippen LogP contribution in [0.1, 0.15) is 42.5 Å². The average Bonchev–Trinajstić information content (AvgIpc) is 3.15. The molecule has 7 nitrogen and oxygen atoms in total. The summed E-state index contributed by atoms with van der Waals surface area (Å²) in [6.45, 7) is 0.976. The topological polar surface area (TPSA) is 59.8 Å². The molecule has 0 spiro atoms. The van der Waals surface area contributed by atoms with Gasteiger partial charge in [0.2, 0.25) is 0 Å². The van der Waals surface area contributed by atoms with E-state index in [0.29, 0.717) is 30.7 Å². The molecule has 1 fully saturated rings. The lowest BCUT2D eigenvalue weighted by molar-refractivity contribution is -0.00272. The maximum atomic E-state index is 13.1. The number of ether oxygens (including phenoxy) is 2. The van der Waals surface area contributed by atoms with Gasteiger partial charge in [-0.15, -0.1) is 3.89 Å². The van der Waals surface area contributed by atoms with E-state index in [4.69, 9.17) is 0 Å². The summed E-state index contributed by atoms with van der Waals surface area (Å²) in [4.78, 5) is 20.9. The van der Waals surface area contributed by atoms with Crippen molar-refractivity contribution in [3.8, 4) is 0 Å². The highest BCUT2D eigenvalue weighted by Gasteiger charge is 2.34. The van der Waals surface area contributed by atoms with Crippen molar-refractivity contribution < 1.29 is 18.2 Å². The van der Waals surface area contributed by atoms with Crippen LogP contribution in [0, 0.1) is 0 Å². The predicted octanol–water partition coefficient (Wildman–Crippen LogP) is 3.84. The first kappa shape index (κ1) is 20.9. The van der Waals surface area contributed by atoms with Gasteiger partial charge in [-0.1, -0.05) is 19.3 Å². The summed E-state index contributed by atoms with van der Waals surface area (Å²) in [6.07, 6.45) is 9.29. The third kappa shape index (κ3) is 4.11. The molecule has 3 heterocycles. The zero-order valence-corrected chi connectivity index (χ0v) is 17.4. The maximum absolute atomic E-state index is 13.1. The number of hydrogen-bond donors (Lipinski definition) is 0. The Morgan fingerprint density at radius 1 is 1.25 bits per heavy atom. The Morgan fingerprint density at radius 3 is 2.57 bits per heavy atom. The molecule has 2 aromatic heterocycles. The third-order valence-electron chi connectivity index (χ3n) is 5.21. The van der Waals surface area contributed by atoms with Crippen molar-refractivity contribution in [2.45, 2.75) is 38.1 Å². The van der Waals surface area contributed by atoms with Gasteiger partial charge in [-0.05, 0) is 18.9 Å². The van der Waals surface area contributed by atoms with Gasteiger partial charge < -0.3 is 19.3 Å². The number of methoxy groups -OCH3 is 2. The van der Waals surface area contributed by atoms with Crippen molar-refractivity contribution in [1.82, 2.24) is 13.9 Å². The number of fused-ring (bicyclic) bond motifs is 3. The summed E-state index contributed by atoms with van der Waals surface area (Å²) >= 11 is 0.134. The third-order valence-corrected chi connectivity index (χ3v) is 5.65. The fraction of sp³-hybridized carbons (Fsp3) is 0.579. The molecule has 0 atom stereocenters. The lowest BCUT2D eigenvalue weighted by atomic mass is 9.92. The molecule has 1 aliphatic carbocycles. The zero-order valence-electron chi connectivity index (χ0n) is 16.6. The minimum absolute atomic E-state index is 0.0119. The van der Waals surface area contributed by atoms with Crippen LogP contribution in [0.15, 0.2) is 18.5 Å². The molecule has 0 unspecified atom stereocenters. The van der Waals surface area contributed by atoms with Crippen LogP contribution in [0.25, 0.3) is 11.0 Å². The van der Waals surface area contributed by atoms with E-state index in [0.717, 1.165) is 23.9 Å². The Morgan fingerprint density at radius 2 is 1.96 bits per heavy atom. The molecule has 2 aliphatic rings. The highest BCUT2D eigenvalue weighted by Crippen LogP contribution is 2.38. The van der Waals surface area contributed by atoms with Crippen molar-refractivity contribution in [3.05, 3.63) is 24.0 Å². The molecule has 1 amide bonds. The average molecular weight is 411 g/mol. The van der Waals surface area contributed by atoms with Crippen molar-refractivity contribution in [2.75, 3.05) is 39.6 Å². The van der Waals surface area contributed by atoms with E-state index in [-0.39, 0.29) is 18.2 Å². The summed E-state index contributed by atoms with van der Waals surface area (Å²) in [5.74, 6) is -0.0119. The van der Waals surface area contributed by atoms with Crippen molar-refractivity contribution in [1.29, 1.82) is 0 Å². The molecule has 154 valence electrons. The summed E-state index contributed by atoms with van der Waals surface area (Å²) in [7, 11) is 5.00. The van der Waals surface area contributed by atoms with Crippen molar-refractivity contribution >= 4 is 35.0 Å². The molecule has 0 N–H and O–H groups in total. The van der Waals surface area contributed by atoms with Crippen molar-refractivity contribution in [2.24, 2.45) is 0 Å². The summed E-state index contributed by atoms with van der Waals surface area (Å²) in [6, 6.07) is 2.30. The van der Waals surface area contributed by atoms with Crippen LogP contribution >= 0.6 is 12.3 Å². The number of halogens is 1. The summed E-state index contributed by atoms with van der Waals surface area (Å²) in [5.41, 5.74) is 2.13. The second-order valence-electron chi connectivity index (χ2n) is 7.07. The number of anilines is 1. The smallest absolute Gasteiger partial charge is 0.258 e. The van der Waals surface area contributed by atoms with E-state index in [1.807, 2.05) is 13.1 Å². The standard InChI is InChI=1S/C16H19FN4OS.C3H8O2/c1-19-10-20(11-5-3-2-4-6-11)14-12-7-8-21(23-17)15(12)18-9-13(14)16(19)22;1-4-3-5-2/h7-9,11H,2-6,10H2,1H3;3H2,1-2H3. The minimum atomic E-state index is -0.0119. The van der Waals surface area contributed by atoms with Gasteiger partial charge in [-0.25, -0.2) is 8.96 Å². The fourth-order valence-electron chi connectivity index (χ4n) is 3.95. The van der Waals surface area contributed by atoms with Gasteiger partial charge in [0.05, 0.1) is 17.9 Å². The largest absolute Gasteiger partial charge is 0.359 e. The maximum Gasteiger partial charge on any atom is 0.258 e. The molecule has 0 aromatic carbocycles. The predicted molar refractivity (Wildman–Crippen MR) is 109 cm³/mol. The van der Waals surface area contributed by atoms with E-state index in [2.05, 4.69) is 19.4 Å². The number of carbonyl (C=O) groups is 1. The van der Waals surface area contributed by atoms with Crippen LogP contribution in [-0.4, -0.2) is 60.5 Å². The Bertz CT molecular complexity index is 808. The van der Waals surface area contributed by atoms with Crippen LogP contribution in [-0.2, 0) is 9.47 Å².